The summed E-state index contributed by atoms with van der Waals surface area (Å²) in [5.41, 5.74) is 1.19. The Balaban J connectivity index is 2.16. The van der Waals surface area contributed by atoms with Crippen LogP contribution in [-0.4, -0.2) is 18.4 Å². The Kier molecular flexibility index (Phi) is 5.79. The standard InChI is InChI=1S/C17H14Cl2N2O2/c1-2-8-20-16(22)11-4-3-5-12(9-11)17(23)21-15-7-6-13(18)10-14(15)19/h2-7,9-10H,1,8H2,(H,20,22)(H,21,23). The topological polar surface area (TPSA) is 58.2 Å². The summed E-state index contributed by atoms with van der Waals surface area (Å²) in [6.45, 7) is 3.89. The van der Waals surface area contributed by atoms with Crippen molar-refractivity contribution >= 4 is 40.7 Å². The van der Waals surface area contributed by atoms with Crippen molar-refractivity contribution in [3.8, 4) is 0 Å². The molecule has 0 aliphatic heterocycles. The van der Waals surface area contributed by atoms with Gasteiger partial charge in [0.25, 0.3) is 11.8 Å². The summed E-state index contributed by atoms with van der Waals surface area (Å²) >= 11 is 11.8. The molecule has 0 heterocycles. The molecule has 0 radical (unpaired) electrons. The van der Waals surface area contributed by atoms with Crippen LogP contribution in [0.15, 0.2) is 55.1 Å². The number of halogens is 2. The number of carbonyl (C=O) groups is 2. The van der Waals surface area contributed by atoms with Crippen LogP contribution in [0, 0.1) is 0 Å². The van der Waals surface area contributed by atoms with Crippen molar-refractivity contribution < 1.29 is 9.59 Å². The largest absolute Gasteiger partial charge is 0.349 e. The molecule has 118 valence electrons. The Morgan fingerprint density at radius 3 is 2.39 bits per heavy atom. The highest BCUT2D eigenvalue weighted by molar-refractivity contribution is 6.36. The SMILES string of the molecule is C=CCNC(=O)c1cccc(C(=O)Nc2ccc(Cl)cc2Cl)c1. The Labute approximate surface area is 144 Å². The van der Waals surface area contributed by atoms with E-state index in [0.29, 0.717) is 33.4 Å². The van der Waals surface area contributed by atoms with Gasteiger partial charge in [0.05, 0.1) is 10.7 Å². The van der Waals surface area contributed by atoms with E-state index >= 15 is 0 Å². The minimum Gasteiger partial charge on any atom is -0.349 e. The van der Waals surface area contributed by atoms with E-state index in [0.717, 1.165) is 0 Å². The number of carbonyl (C=O) groups excluding carboxylic acids is 2. The molecular formula is C17H14Cl2N2O2. The number of benzene rings is 2. The fraction of sp³-hybridized carbons (Fsp3) is 0.0588. The molecular weight excluding hydrogens is 335 g/mol. The van der Waals surface area contributed by atoms with Gasteiger partial charge in [-0.1, -0.05) is 35.3 Å². The molecule has 2 amide bonds. The Morgan fingerprint density at radius 1 is 1.04 bits per heavy atom. The highest BCUT2D eigenvalue weighted by atomic mass is 35.5. The fourth-order valence-electron chi connectivity index (χ4n) is 1.85. The number of hydrogen-bond donors (Lipinski definition) is 2. The van der Waals surface area contributed by atoms with Crippen molar-refractivity contribution in [2.75, 3.05) is 11.9 Å². The summed E-state index contributed by atoms with van der Waals surface area (Å²) in [5, 5.41) is 6.16. The monoisotopic (exact) mass is 348 g/mol. The van der Waals surface area contributed by atoms with Gasteiger partial charge in [0.1, 0.15) is 0 Å². The van der Waals surface area contributed by atoms with Gasteiger partial charge in [-0.2, -0.15) is 0 Å². The lowest BCUT2D eigenvalue weighted by Crippen LogP contribution is -2.23. The second-order valence-electron chi connectivity index (χ2n) is 4.66. The summed E-state index contributed by atoms with van der Waals surface area (Å²) in [7, 11) is 0. The van der Waals surface area contributed by atoms with Crippen LogP contribution in [0.2, 0.25) is 10.0 Å². The van der Waals surface area contributed by atoms with E-state index < -0.39 is 0 Å². The van der Waals surface area contributed by atoms with Crippen molar-refractivity contribution in [2.24, 2.45) is 0 Å². The maximum atomic E-state index is 12.3. The molecule has 0 saturated heterocycles. The maximum Gasteiger partial charge on any atom is 0.255 e. The van der Waals surface area contributed by atoms with Gasteiger partial charge in [0.15, 0.2) is 0 Å². The molecule has 0 atom stereocenters. The van der Waals surface area contributed by atoms with Crippen LogP contribution in [0.25, 0.3) is 0 Å². The van der Waals surface area contributed by atoms with Gasteiger partial charge in [0.2, 0.25) is 0 Å². The van der Waals surface area contributed by atoms with E-state index in [1.807, 2.05) is 0 Å². The third-order valence-corrected chi connectivity index (χ3v) is 3.52. The van der Waals surface area contributed by atoms with Gasteiger partial charge in [0, 0.05) is 22.7 Å². The number of rotatable bonds is 5. The van der Waals surface area contributed by atoms with Gasteiger partial charge < -0.3 is 10.6 Å². The predicted molar refractivity (Wildman–Crippen MR) is 93.4 cm³/mol. The van der Waals surface area contributed by atoms with Crippen LogP contribution in [0.5, 0.6) is 0 Å². The van der Waals surface area contributed by atoms with Crippen molar-refractivity contribution in [1.29, 1.82) is 0 Å². The molecule has 0 saturated carbocycles. The second-order valence-corrected chi connectivity index (χ2v) is 5.50. The van der Waals surface area contributed by atoms with E-state index in [2.05, 4.69) is 17.2 Å². The molecule has 2 rings (SSSR count). The molecule has 23 heavy (non-hydrogen) atoms. The van der Waals surface area contributed by atoms with Crippen LogP contribution >= 0.6 is 23.2 Å². The van der Waals surface area contributed by atoms with Crippen molar-refractivity contribution in [2.45, 2.75) is 0 Å². The van der Waals surface area contributed by atoms with Crippen molar-refractivity contribution in [3.63, 3.8) is 0 Å². The van der Waals surface area contributed by atoms with E-state index in [-0.39, 0.29) is 11.8 Å². The Morgan fingerprint density at radius 2 is 1.74 bits per heavy atom. The molecule has 2 aromatic carbocycles. The van der Waals surface area contributed by atoms with E-state index in [4.69, 9.17) is 23.2 Å². The molecule has 0 aliphatic carbocycles. The third-order valence-electron chi connectivity index (χ3n) is 2.97. The number of anilines is 1. The molecule has 6 heteroatoms. The minimum absolute atomic E-state index is 0.274. The van der Waals surface area contributed by atoms with Gasteiger partial charge in [-0.05, 0) is 36.4 Å². The van der Waals surface area contributed by atoms with E-state index in [1.165, 1.54) is 12.1 Å². The fourth-order valence-corrected chi connectivity index (χ4v) is 2.31. The summed E-state index contributed by atoms with van der Waals surface area (Å²) < 4.78 is 0. The molecule has 4 nitrogen and oxygen atoms in total. The lowest BCUT2D eigenvalue weighted by molar-refractivity contribution is 0.0958. The van der Waals surface area contributed by atoms with Crippen LogP contribution in [0.4, 0.5) is 5.69 Å². The number of amides is 2. The molecule has 2 N–H and O–H groups in total. The molecule has 2 aromatic rings. The first-order valence-electron chi connectivity index (χ1n) is 6.77. The molecule has 0 fully saturated rings. The summed E-state index contributed by atoms with van der Waals surface area (Å²) in [6, 6.07) is 11.2. The first kappa shape index (κ1) is 17.1. The Bertz CT molecular complexity index is 760. The molecule has 0 unspecified atom stereocenters. The predicted octanol–water partition coefficient (Wildman–Crippen LogP) is 4.16. The summed E-state index contributed by atoms with van der Waals surface area (Å²) in [5.74, 6) is -0.642. The van der Waals surface area contributed by atoms with Crippen LogP contribution in [0.1, 0.15) is 20.7 Å². The maximum absolute atomic E-state index is 12.3. The molecule has 0 aromatic heterocycles. The van der Waals surface area contributed by atoms with Crippen molar-refractivity contribution in [3.05, 3.63) is 76.3 Å². The smallest absolute Gasteiger partial charge is 0.255 e. The van der Waals surface area contributed by atoms with Gasteiger partial charge in [-0.15, -0.1) is 6.58 Å². The molecule has 0 aliphatic rings. The van der Waals surface area contributed by atoms with Gasteiger partial charge in [-0.25, -0.2) is 0 Å². The lowest BCUT2D eigenvalue weighted by atomic mass is 10.1. The average Bonchev–Trinajstić information content (AvgIpc) is 2.55. The number of nitrogens with one attached hydrogen (secondary N) is 2. The third kappa shape index (κ3) is 4.58. The van der Waals surface area contributed by atoms with Gasteiger partial charge in [-0.3, -0.25) is 9.59 Å². The van der Waals surface area contributed by atoms with E-state index in [1.54, 1.807) is 36.4 Å². The van der Waals surface area contributed by atoms with Crippen molar-refractivity contribution in [1.82, 2.24) is 5.32 Å². The summed E-state index contributed by atoms with van der Waals surface area (Å²) in [6.07, 6.45) is 1.58. The zero-order chi connectivity index (χ0) is 16.8. The first-order valence-corrected chi connectivity index (χ1v) is 7.52. The Hall–Kier alpha value is -2.30. The van der Waals surface area contributed by atoms with Crippen LogP contribution < -0.4 is 10.6 Å². The minimum atomic E-state index is -0.368. The lowest BCUT2D eigenvalue weighted by Gasteiger charge is -2.09. The van der Waals surface area contributed by atoms with Crippen LogP contribution in [0.3, 0.4) is 0 Å². The number of hydrogen-bond acceptors (Lipinski definition) is 2. The zero-order valence-electron chi connectivity index (χ0n) is 12.1. The average molecular weight is 349 g/mol. The van der Waals surface area contributed by atoms with Gasteiger partial charge >= 0.3 is 0 Å². The van der Waals surface area contributed by atoms with Crippen LogP contribution in [-0.2, 0) is 0 Å². The molecule has 0 spiro atoms. The highest BCUT2D eigenvalue weighted by Gasteiger charge is 2.11. The van der Waals surface area contributed by atoms with E-state index in [9.17, 15) is 9.59 Å². The quantitative estimate of drug-likeness (QED) is 0.797. The summed E-state index contributed by atoms with van der Waals surface area (Å²) in [4.78, 5) is 24.2. The normalized spacial score (nSPS) is 10.0. The zero-order valence-corrected chi connectivity index (χ0v) is 13.6. The highest BCUT2D eigenvalue weighted by Crippen LogP contribution is 2.25. The second kappa shape index (κ2) is 7.81. The molecule has 0 bridgehead atoms. The first-order chi connectivity index (χ1) is 11.0.